The average molecular weight is 563 g/mol. The number of hydrogen-bond donors (Lipinski definition) is 2. The summed E-state index contributed by atoms with van der Waals surface area (Å²) >= 11 is 0. The number of furan rings is 1. The van der Waals surface area contributed by atoms with E-state index in [1.54, 1.807) is 36.4 Å². The zero-order valence-corrected chi connectivity index (χ0v) is 22.6. The summed E-state index contributed by atoms with van der Waals surface area (Å²) in [5.74, 6) is -1.92. The average Bonchev–Trinajstić information content (AvgIpc) is 3.38. The van der Waals surface area contributed by atoms with E-state index >= 15 is 0 Å². The van der Waals surface area contributed by atoms with Crippen molar-refractivity contribution in [2.75, 3.05) is 5.32 Å². The smallest absolute Gasteiger partial charge is 0.329 e. The van der Waals surface area contributed by atoms with Crippen molar-refractivity contribution in [1.82, 2.24) is 9.73 Å². The van der Waals surface area contributed by atoms with Crippen LogP contribution in [0.15, 0.2) is 99.3 Å². The van der Waals surface area contributed by atoms with Gasteiger partial charge in [0.05, 0.1) is 17.7 Å². The molecule has 0 saturated carbocycles. The third kappa shape index (κ3) is 7.49. The van der Waals surface area contributed by atoms with E-state index in [2.05, 4.69) is 15.8 Å². The summed E-state index contributed by atoms with van der Waals surface area (Å²) in [5.41, 5.74) is 5.15. The number of anilines is 1. The second-order valence-electron chi connectivity index (χ2n) is 9.04. The number of nitrogens with zero attached hydrogens (tertiary/aromatic N) is 2. The van der Waals surface area contributed by atoms with Crippen LogP contribution < -0.4 is 10.7 Å². The third-order valence-electron chi connectivity index (χ3n) is 5.82. The van der Waals surface area contributed by atoms with E-state index in [1.807, 2.05) is 38.1 Å². The number of halogens is 1. The number of aryl methyl sites for hydroxylation is 2. The molecule has 206 valence electrons. The molecular weight excluding hydrogens is 535 g/mol. The maximum atomic E-state index is 13.5. The number of rotatable bonds is 9. The fourth-order valence-electron chi connectivity index (χ4n) is 3.63. The molecule has 3 aromatic carbocycles. The number of hydrogen-bond acceptors (Lipinski definition) is 6. The Morgan fingerprint density at radius 2 is 1.48 bits per heavy atom. The van der Waals surface area contributed by atoms with Crippen LogP contribution in [0.5, 0.6) is 0 Å². The van der Waals surface area contributed by atoms with Crippen molar-refractivity contribution >= 4 is 33.7 Å². The normalized spacial score (nSPS) is 11.6. The topological polar surface area (TPSA) is 121 Å². The molecule has 2 amide bonds. The van der Waals surface area contributed by atoms with Gasteiger partial charge in [0.2, 0.25) is 10.0 Å². The second kappa shape index (κ2) is 12.5. The van der Waals surface area contributed by atoms with Crippen molar-refractivity contribution < 1.29 is 26.8 Å². The molecule has 0 fully saturated rings. The van der Waals surface area contributed by atoms with Gasteiger partial charge in [0.25, 0.3) is 0 Å². The molecule has 2 N–H and O–H groups in total. The maximum Gasteiger partial charge on any atom is 0.329 e. The molecule has 1 aromatic heterocycles. The van der Waals surface area contributed by atoms with E-state index < -0.39 is 27.7 Å². The number of amides is 2. The third-order valence-corrected chi connectivity index (χ3v) is 7.63. The Hall–Kier alpha value is -4.61. The molecule has 0 saturated heterocycles. The van der Waals surface area contributed by atoms with E-state index in [-0.39, 0.29) is 29.4 Å². The lowest BCUT2D eigenvalue weighted by molar-refractivity contribution is -0.136. The number of benzene rings is 3. The summed E-state index contributed by atoms with van der Waals surface area (Å²) < 4.78 is 47.1. The summed E-state index contributed by atoms with van der Waals surface area (Å²) in [6.45, 7) is 3.91. The standard InChI is InChI=1S/C29H27FN4O5S/c1-20-3-7-22(8-4-20)18-34(40(37,38)27-15-5-21(2)6-16-27)19-26-14-13-25(39-26)17-31-33-29(36)28(35)32-24-11-9-23(30)10-12-24/h3-17H,18-19H2,1-2H3,(H,32,35)(H,33,36)/b31-17+. The Balaban J connectivity index is 1.44. The summed E-state index contributed by atoms with van der Waals surface area (Å²) in [4.78, 5) is 24.2. The van der Waals surface area contributed by atoms with Crippen LogP contribution in [0.2, 0.25) is 0 Å². The van der Waals surface area contributed by atoms with Gasteiger partial charge in [-0.05, 0) is 67.9 Å². The van der Waals surface area contributed by atoms with Gasteiger partial charge in [-0.25, -0.2) is 18.2 Å². The van der Waals surface area contributed by atoms with Crippen LogP contribution >= 0.6 is 0 Å². The molecule has 0 radical (unpaired) electrons. The van der Waals surface area contributed by atoms with Crippen LogP contribution in [-0.4, -0.2) is 30.8 Å². The van der Waals surface area contributed by atoms with Gasteiger partial charge in [-0.15, -0.1) is 0 Å². The molecule has 0 bridgehead atoms. The van der Waals surface area contributed by atoms with E-state index in [4.69, 9.17) is 4.42 Å². The van der Waals surface area contributed by atoms with Crippen LogP contribution in [0, 0.1) is 19.7 Å². The van der Waals surface area contributed by atoms with Crippen LogP contribution in [0.1, 0.15) is 28.2 Å². The lowest BCUT2D eigenvalue weighted by Gasteiger charge is -2.21. The van der Waals surface area contributed by atoms with Crippen molar-refractivity contribution in [2.24, 2.45) is 5.10 Å². The minimum atomic E-state index is -3.86. The molecule has 11 heteroatoms. The Kier molecular flexibility index (Phi) is 8.87. The Bertz CT molecular complexity index is 1610. The zero-order chi connectivity index (χ0) is 28.7. The van der Waals surface area contributed by atoms with Crippen molar-refractivity contribution in [2.45, 2.75) is 31.8 Å². The minimum Gasteiger partial charge on any atom is -0.459 e. The monoisotopic (exact) mass is 562 g/mol. The highest BCUT2D eigenvalue weighted by molar-refractivity contribution is 7.89. The zero-order valence-electron chi connectivity index (χ0n) is 21.8. The van der Waals surface area contributed by atoms with Gasteiger partial charge in [-0.2, -0.15) is 9.41 Å². The van der Waals surface area contributed by atoms with Gasteiger partial charge >= 0.3 is 11.8 Å². The van der Waals surface area contributed by atoms with Gasteiger partial charge in [-0.3, -0.25) is 9.59 Å². The highest BCUT2D eigenvalue weighted by Gasteiger charge is 2.26. The fourth-order valence-corrected chi connectivity index (χ4v) is 5.03. The van der Waals surface area contributed by atoms with Crippen LogP contribution in [0.4, 0.5) is 10.1 Å². The summed E-state index contributed by atoms with van der Waals surface area (Å²) in [5, 5.41) is 6.04. The number of hydrazone groups is 1. The van der Waals surface area contributed by atoms with Crippen molar-refractivity contribution in [3.05, 3.63) is 119 Å². The number of sulfonamides is 1. The van der Waals surface area contributed by atoms with Gasteiger partial charge in [-0.1, -0.05) is 47.5 Å². The van der Waals surface area contributed by atoms with Gasteiger partial charge in [0.15, 0.2) is 0 Å². The summed E-state index contributed by atoms with van der Waals surface area (Å²) in [6, 6.07) is 22.3. The second-order valence-corrected chi connectivity index (χ2v) is 11.0. The first-order valence-corrected chi connectivity index (χ1v) is 13.7. The van der Waals surface area contributed by atoms with Crippen molar-refractivity contribution in [3.63, 3.8) is 0 Å². The highest BCUT2D eigenvalue weighted by Crippen LogP contribution is 2.22. The summed E-state index contributed by atoms with van der Waals surface area (Å²) in [7, 11) is -3.86. The maximum absolute atomic E-state index is 13.5. The first-order chi connectivity index (χ1) is 19.1. The molecule has 0 atom stereocenters. The number of carbonyl (C=O) groups excluding carboxylic acids is 2. The fraction of sp³-hybridized carbons (Fsp3) is 0.138. The van der Waals surface area contributed by atoms with Crippen LogP contribution in [-0.2, 0) is 32.7 Å². The Morgan fingerprint density at radius 1 is 0.850 bits per heavy atom. The quantitative estimate of drug-likeness (QED) is 0.177. The molecule has 4 rings (SSSR count). The largest absolute Gasteiger partial charge is 0.459 e. The molecule has 4 aromatic rings. The molecule has 40 heavy (non-hydrogen) atoms. The minimum absolute atomic E-state index is 0.0512. The highest BCUT2D eigenvalue weighted by atomic mass is 32.2. The van der Waals surface area contributed by atoms with Crippen molar-refractivity contribution in [1.29, 1.82) is 0 Å². The molecule has 0 aliphatic rings. The number of nitrogens with one attached hydrogen (secondary N) is 2. The first kappa shape index (κ1) is 28.4. The molecule has 0 aliphatic carbocycles. The number of carbonyl (C=O) groups is 2. The van der Waals surface area contributed by atoms with E-state index in [0.717, 1.165) is 28.8 Å². The molecule has 9 nitrogen and oxygen atoms in total. The molecular formula is C29H27FN4O5S. The van der Waals surface area contributed by atoms with Gasteiger partial charge < -0.3 is 9.73 Å². The molecule has 0 aliphatic heterocycles. The SMILES string of the molecule is Cc1ccc(CN(Cc2ccc(/C=N/NC(=O)C(=O)Nc3ccc(F)cc3)o2)S(=O)(=O)c2ccc(C)cc2)cc1. The molecule has 0 spiro atoms. The summed E-state index contributed by atoms with van der Waals surface area (Å²) in [6.07, 6.45) is 1.19. The van der Waals surface area contributed by atoms with E-state index in [1.165, 1.54) is 22.7 Å². The van der Waals surface area contributed by atoms with Crippen molar-refractivity contribution in [3.8, 4) is 0 Å². The predicted octanol–water partition coefficient (Wildman–Crippen LogP) is 4.52. The first-order valence-electron chi connectivity index (χ1n) is 12.2. The lowest BCUT2D eigenvalue weighted by Crippen LogP contribution is -2.32. The van der Waals surface area contributed by atoms with E-state index in [9.17, 15) is 22.4 Å². The molecule has 0 unspecified atom stereocenters. The predicted molar refractivity (Wildman–Crippen MR) is 148 cm³/mol. The lowest BCUT2D eigenvalue weighted by atomic mass is 10.1. The molecule has 1 heterocycles. The van der Waals surface area contributed by atoms with E-state index in [0.29, 0.717) is 5.76 Å². The van der Waals surface area contributed by atoms with Crippen LogP contribution in [0.25, 0.3) is 0 Å². The Labute approximate surface area is 231 Å². The van der Waals surface area contributed by atoms with Gasteiger partial charge in [0, 0.05) is 12.2 Å². The van der Waals surface area contributed by atoms with Crippen LogP contribution in [0.3, 0.4) is 0 Å². The Morgan fingerprint density at radius 3 is 2.12 bits per heavy atom. The van der Waals surface area contributed by atoms with Gasteiger partial charge in [0.1, 0.15) is 17.3 Å².